The van der Waals surface area contributed by atoms with Crippen molar-refractivity contribution in [1.82, 2.24) is 0 Å². The molecule has 104 valence electrons. The standard InChI is InChI=1S/C19H18N2/c1-21(19-10-6-5-9-18(19)20)17-13-11-16(12-14-17)15-7-3-2-4-8-15/h2-14H,20H2,1H3. The highest BCUT2D eigenvalue weighted by molar-refractivity contribution is 5.75. The molecule has 0 bridgehead atoms. The third-order valence-electron chi connectivity index (χ3n) is 3.66. The van der Waals surface area contributed by atoms with Gasteiger partial charge in [-0.25, -0.2) is 0 Å². The lowest BCUT2D eigenvalue weighted by molar-refractivity contribution is 1.21. The van der Waals surface area contributed by atoms with Crippen LogP contribution in [-0.2, 0) is 0 Å². The highest BCUT2D eigenvalue weighted by Crippen LogP contribution is 2.30. The van der Waals surface area contributed by atoms with Gasteiger partial charge in [0.1, 0.15) is 0 Å². The summed E-state index contributed by atoms with van der Waals surface area (Å²) in [6, 6.07) is 26.8. The summed E-state index contributed by atoms with van der Waals surface area (Å²) in [5.41, 5.74) is 11.4. The zero-order chi connectivity index (χ0) is 14.7. The Kier molecular flexibility index (Phi) is 3.61. The van der Waals surface area contributed by atoms with Crippen LogP contribution in [0.3, 0.4) is 0 Å². The number of anilines is 3. The maximum Gasteiger partial charge on any atom is 0.0641 e. The average Bonchev–Trinajstić information content (AvgIpc) is 2.56. The Bertz CT molecular complexity index is 718. The van der Waals surface area contributed by atoms with Gasteiger partial charge in [0.2, 0.25) is 0 Å². The van der Waals surface area contributed by atoms with Gasteiger partial charge in [0.25, 0.3) is 0 Å². The Morgan fingerprint density at radius 2 is 1.24 bits per heavy atom. The van der Waals surface area contributed by atoms with Crippen molar-refractivity contribution < 1.29 is 0 Å². The number of hydrogen-bond donors (Lipinski definition) is 1. The minimum Gasteiger partial charge on any atom is -0.397 e. The summed E-state index contributed by atoms with van der Waals surface area (Å²) in [6.07, 6.45) is 0. The largest absolute Gasteiger partial charge is 0.397 e. The summed E-state index contributed by atoms with van der Waals surface area (Å²) < 4.78 is 0. The summed E-state index contributed by atoms with van der Waals surface area (Å²) in [7, 11) is 2.03. The van der Waals surface area contributed by atoms with E-state index >= 15 is 0 Å². The topological polar surface area (TPSA) is 29.3 Å². The van der Waals surface area contributed by atoms with Crippen LogP contribution >= 0.6 is 0 Å². The van der Waals surface area contributed by atoms with Crippen LogP contribution < -0.4 is 10.6 Å². The monoisotopic (exact) mass is 274 g/mol. The molecule has 0 saturated carbocycles. The molecule has 0 amide bonds. The van der Waals surface area contributed by atoms with Crippen molar-refractivity contribution in [1.29, 1.82) is 0 Å². The quantitative estimate of drug-likeness (QED) is 0.701. The van der Waals surface area contributed by atoms with Crippen LogP contribution in [0, 0.1) is 0 Å². The minimum absolute atomic E-state index is 0.784. The smallest absolute Gasteiger partial charge is 0.0641 e. The van der Waals surface area contributed by atoms with Gasteiger partial charge in [0.15, 0.2) is 0 Å². The van der Waals surface area contributed by atoms with Crippen molar-refractivity contribution in [2.24, 2.45) is 0 Å². The first kappa shape index (κ1) is 13.3. The summed E-state index contributed by atoms with van der Waals surface area (Å²) in [5.74, 6) is 0. The highest BCUT2D eigenvalue weighted by Gasteiger charge is 2.07. The van der Waals surface area contributed by atoms with Gasteiger partial charge >= 0.3 is 0 Å². The van der Waals surface area contributed by atoms with E-state index < -0.39 is 0 Å². The molecule has 0 aliphatic carbocycles. The molecule has 0 heterocycles. The highest BCUT2D eigenvalue weighted by atomic mass is 15.1. The van der Waals surface area contributed by atoms with Gasteiger partial charge < -0.3 is 10.6 Å². The molecule has 21 heavy (non-hydrogen) atoms. The van der Waals surface area contributed by atoms with Gasteiger partial charge in [-0.15, -0.1) is 0 Å². The van der Waals surface area contributed by atoms with Crippen LogP contribution in [0.2, 0.25) is 0 Å². The van der Waals surface area contributed by atoms with E-state index in [4.69, 9.17) is 5.73 Å². The van der Waals surface area contributed by atoms with Gasteiger partial charge in [-0.3, -0.25) is 0 Å². The molecule has 2 heteroatoms. The Labute approximate surface area is 125 Å². The SMILES string of the molecule is CN(c1ccc(-c2ccccc2)cc1)c1ccccc1N. The molecule has 2 nitrogen and oxygen atoms in total. The van der Waals surface area contributed by atoms with Crippen LogP contribution in [0.4, 0.5) is 17.1 Å². The number of benzene rings is 3. The first-order chi connectivity index (χ1) is 10.3. The van der Waals surface area contributed by atoms with Crippen LogP contribution in [0.25, 0.3) is 11.1 Å². The Morgan fingerprint density at radius 1 is 0.667 bits per heavy atom. The maximum absolute atomic E-state index is 6.04. The van der Waals surface area contributed by atoms with Crippen molar-refractivity contribution in [2.45, 2.75) is 0 Å². The van der Waals surface area contributed by atoms with Gasteiger partial charge in [0, 0.05) is 12.7 Å². The van der Waals surface area contributed by atoms with Crippen molar-refractivity contribution in [3.8, 4) is 11.1 Å². The minimum atomic E-state index is 0.784. The summed E-state index contributed by atoms with van der Waals surface area (Å²) in [4.78, 5) is 2.10. The number of nitrogens with zero attached hydrogens (tertiary/aromatic N) is 1. The Balaban J connectivity index is 1.89. The molecule has 0 aromatic heterocycles. The third kappa shape index (κ3) is 2.75. The van der Waals surface area contributed by atoms with Gasteiger partial charge in [-0.05, 0) is 35.4 Å². The summed E-state index contributed by atoms with van der Waals surface area (Å²) in [5, 5.41) is 0. The van der Waals surface area contributed by atoms with Gasteiger partial charge in [-0.2, -0.15) is 0 Å². The van der Waals surface area contributed by atoms with E-state index in [1.165, 1.54) is 11.1 Å². The molecule has 0 spiro atoms. The van der Waals surface area contributed by atoms with E-state index in [1.807, 2.05) is 37.4 Å². The molecule has 3 rings (SSSR count). The van der Waals surface area contributed by atoms with Gasteiger partial charge in [-0.1, -0.05) is 54.6 Å². The lowest BCUT2D eigenvalue weighted by Gasteiger charge is -2.21. The Hall–Kier alpha value is -2.74. The Morgan fingerprint density at radius 3 is 1.90 bits per heavy atom. The lowest BCUT2D eigenvalue weighted by Crippen LogP contribution is -2.11. The number of hydrogen-bond acceptors (Lipinski definition) is 2. The van der Waals surface area contributed by atoms with E-state index in [2.05, 4.69) is 53.4 Å². The zero-order valence-electron chi connectivity index (χ0n) is 12.0. The predicted molar refractivity (Wildman–Crippen MR) is 90.8 cm³/mol. The second kappa shape index (κ2) is 5.71. The second-order valence-corrected chi connectivity index (χ2v) is 5.03. The number of nitrogens with two attached hydrogens (primary N) is 1. The van der Waals surface area contributed by atoms with E-state index in [1.54, 1.807) is 0 Å². The normalized spacial score (nSPS) is 10.3. The molecule has 0 fully saturated rings. The molecule has 0 atom stereocenters. The maximum atomic E-state index is 6.04. The number of para-hydroxylation sites is 2. The molecular formula is C19H18N2. The molecule has 0 aliphatic heterocycles. The molecule has 3 aromatic rings. The molecule has 0 radical (unpaired) electrons. The van der Waals surface area contributed by atoms with Crippen LogP contribution in [-0.4, -0.2) is 7.05 Å². The lowest BCUT2D eigenvalue weighted by atomic mass is 10.1. The van der Waals surface area contributed by atoms with E-state index in [-0.39, 0.29) is 0 Å². The average molecular weight is 274 g/mol. The van der Waals surface area contributed by atoms with Crippen molar-refractivity contribution in [3.05, 3.63) is 78.9 Å². The first-order valence-corrected chi connectivity index (χ1v) is 6.99. The third-order valence-corrected chi connectivity index (χ3v) is 3.66. The molecular weight excluding hydrogens is 256 g/mol. The fraction of sp³-hybridized carbons (Fsp3) is 0.0526. The van der Waals surface area contributed by atoms with E-state index in [0.29, 0.717) is 0 Å². The number of nitrogen functional groups attached to an aromatic ring is 1. The summed E-state index contributed by atoms with van der Waals surface area (Å²) in [6.45, 7) is 0. The van der Waals surface area contributed by atoms with Crippen molar-refractivity contribution in [2.75, 3.05) is 17.7 Å². The first-order valence-electron chi connectivity index (χ1n) is 6.99. The van der Waals surface area contributed by atoms with Crippen molar-refractivity contribution in [3.63, 3.8) is 0 Å². The van der Waals surface area contributed by atoms with Crippen LogP contribution in [0.15, 0.2) is 78.9 Å². The zero-order valence-corrected chi connectivity index (χ0v) is 12.0. The fourth-order valence-corrected chi connectivity index (χ4v) is 2.44. The summed E-state index contributed by atoms with van der Waals surface area (Å²) >= 11 is 0. The van der Waals surface area contributed by atoms with E-state index in [0.717, 1.165) is 17.1 Å². The van der Waals surface area contributed by atoms with Crippen molar-refractivity contribution >= 4 is 17.1 Å². The van der Waals surface area contributed by atoms with Crippen LogP contribution in [0.5, 0.6) is 0 Å². The second-order valence-electron chi connectivity index (χ2n) is 5.03. The molecule has 0 aliphatic rings. The molecule has 0 saturated heterocycles. The fourth-order valence-electron chi connectivity index (χ4n) is 2.44. The molecule has 0 unspecified atom stereocenters. The predicted octanol–water partition coefficient (Wildman–Crippen LogP) is 4.70. The molecule has 2 N–H and O–H groups in total. The molecule has 3 aromatic carbocycles. The number of rotatable bonds is 3. The van der Waals surface area contributed by atoms with Gasteiger partial charge in [0.05, 0.1) is 11.4 Å². The van der Waals surface area contributed by atoms with E-state index in [9.17, 15) is 0 Å². The van der Waals surface area contributed by atoms with Crippen LogP contribution in [0.1, 0.15) is 0 Å².